The predicted molar refractivity (Wildman–Crippen MR) is 83.1 cm³/mol. The number of benzene rings is 2. The first-order chi connectivity index (χ1) is 10.8. The van der Waals surface area contributed by atoms with E-state index in [1.807, 2.05) is 0 Å². The number of alkyl halides is 3. The van der Waals surface area contributed by atoms with Crippen molar-refractivity contribution in [2.24, 2.45) is 0 Å². The van der Waals surface area contributed by atoms with Crippen LogP contribution in [0.4, 0.5) is 23.7 Å². The minimum atomic E-state index is -4.75. The van der Waals surface area contributed by atoms with E-state index in [9.17, 15) is 18.0 Å². The molecule has 2 N–H and O–H groups in total. The summed E-state index contributed by atoms with van der Waals surface area (Å²) in [5.74, 6) is -0.331. The maximum Gasteiger partial charge on any atom is 0.573 e. The molecule has 122 valence electrons. The topological polar surface area (TPSA) is 50.4 Å². The van der Waals surface area contributed by atoms with E-state index >= 15 is 0 Å². The summed E-state index contributed by atoms with van der Waals surface area (Å²) in [4.78, 5) is 11.8. The molecule has 23 heavy (non-hydrogen) atoms. The van der Waals surface area contributed by atoms with Crippen LogP contribution in [0.15, 0.2) is 53.0 Å². The summed E-state index contributed by atoms with van der Waals surface area (Å²) in [5, 5.41) is 5.18. The number of anilines is 1. The third-order valence-electron chi connectivity index (χ3n) is 2.71. The first-order valence-electron chi connectivity index (χ1n) is 6.47. The van der Waals surface area contributed by atoms with Crippen molar-refractivity contribution >= 4 is 27.6 Å². The molecule has 4 nitrogen and oxygen atoms in total. The highest BCUT2D eigenvalue weighted by Gasteiger charge is 2.31. The molecule has 0 aliphatic heterocycles. The van der Waals surface area contributed by atoms with E-state index in [-0.39, 0.29) is 12.3 Å². The molecule has 2 aromatic rings. The summed E-state index contributed by atoms with van der Waals surface area (Å²) >= 11 is 3.29. The molecule has 2 amide bonds. The van der Waals surface area contributed by atoms with Crippen molar-refractivity contribution in [2.45, 2.75) is 12.9 Å². The van der Waals surface area contributed by atoms with Crippen LogP contribution in [-0.2, 0) is 6.54 Å². The molecule has 2 aromatic carbocycles. The lowest BCUT2D eigenvalue weighted by Gasteiger charge is -2.11. The van der Waals surface area contributed by atoms with Crippen molar-refractivity contribution in [3.05, 3.63) is 58.6 Å². The number of carbonyl (C=O) groups is 1. The quantitative estimate of drug-likeness (QED) is 0.799. The largest absolute Gasteiger partial charge is 0.573 e. The second-order valence-electron chi connectivity index (χ2n) is 4.48. The molecule has 0 heterocycles. The average molecular weight is 389 g/mol. The molecule has 0 spiro atoms. The van der Waals surface area contributed by atoms with Crippen LogP contribution in [-0.4, -0.2) is 12.4 Å². The molecule has 0 aliphatic rings. The Balaban J connectivity index is 1.92. The molecule has 8 heteroatoms. The Morgan fingerprint density at radius 3 is 2.57 bits per heavy atom. The normalized spacial score (nSPS) is 11.0. The number of carbonyl (C=O) groups excluding carboxylic acids is 1. The highest BCUT2D eigenvalue weighted by Crippen LogP contribution is 2.23. The van der Waals surface area contributed by atoms with Gasteiger partial charge in [-0.25, -0.2) is 4.79 Å². The Morgan fingerprint density at radius 2 is 1.87 bits per heavy atom. The molecular formula is C15H12BrF3N2O2. The Labute approximate surface area is 138 Å². The number of urea groups is 1. The minimum absolute atomic E-state index is 0.0609. The molecule has 0 saturated carbocycles. The van der Waals surface area contributed by atoms with E-state index in [2.05, 4.69) is 31.3 Å². The van der Waals surface area contributed by atoms with Gasteiger partial charge in [0.15, 0.2) is 0 Å². The van der Waals surface area contributed by atoms with Crippen molar-refractivity contribution in [3.8, 4) is 5.75 Å². The molecule has 0 atom stereocenters. The van der Waals surface area contributed by atoms with Crippen molar-refractivity contribution in [1.29, 1.82) is 0 Å². The summed E-state index contributed by atoms with van der Waals surface area (Å²) in [6.07, 6.45) is -4.75. The Kier molecular flexibility index (Phi) is 5.49. The van der Waals surface area contributed by atoms with E-state index in [0.717, 1.165) is 4.47 Å². The number of ether oxygens (including phenoxy) is 1. The highest BCUT2D eigenvalue weighted by molar-refractivity contribution is 9.10. The van der Waals surface area contributed by atoms with Crippen molar-refractivity contribution in [3.63, 3.8) is 0 Å². The van der Waals surface area contributed by atoms with Crippen molar-refractivity contribution < 1.29 is 22.7 Å². The van der Waals surface area contributed by atoms with Gasteiger partial charge >= 0.3 is 12.4 Å². The fourth-order valence-corrected chi connectivity index (χ4v) is 2.15. The van der Waals surface area contributed by atoms with Gasteiger partial charge in [-0.05, 0) is 45.8 Å². The van der Waals surface area contributed by atoms with Crippen LogP contribution >= 0.6 is 15.9 Å². The van der Waals surface area contributed by atoms with Crippen LogP contribution in [0.2, 0.25) is 0 Å². The first kappa shape index (κ1) is 17.1. The number of halogens is 4. The van der Waals surface area contributed by atoms with Gasteiger partial charge in [0.2, 0.25) is 0 Å². The number of rotatable bonds is 4. The maximum atomic E-state index is 12.2. The Morgan fingerprint density at radius 1 is 1.13 bits per heavy atom. The molecule has 0 saturated heterocycles. The third-order valence-corrected chi connectivity index (χ3v) is 3.40. The molecule has 2 rings (SSSR count). The SMILES string of the molecule is O=C(NCc1cccc(OC(F)(F)F)c1)Nc1ccccc1Br. The number of nitrogens with one attached hydrogen (secondary N) is 2. The smallest absolute Gasteiger partial charge is 0.406 e. The summed E-state index contributed by atoms with van der Waals surface area (Å²) in [6, 6.07) is 12.0. The van der Waals surface area contributed by atoms with E-state index in [0.29, 0.717) is 11.3 Å². The lowest BCUT2D eigenvalue weighted by molar-refractivity contribution is -0.274. The van der Waals surface area contributed by atoms with E-state index < -0.39 is 12.4 Å². The zero-order valence-electron chi connectivity index (χ0n) is 11.7. The van der Waals surface area contributed by atoms with Crippen LogP contribution in [0.5, 0.6) is 5.75 Å². The molecule has 0 fully saturated rings. The fourth-order valence-electron chi connectivity index (χ4n) is 1.76. The van der Waals surface area contributed by atoms with Gasteiger partial charge in [-0.15, -0.1) is 13.2 Å². The Bertz CT molecular complexity index is 692. The number of hydrogen-bond donors (Lipinski definition) is 2. The second kappa shape index (κ2) is 7.36. The van der Waals surface area contributed by atoms with Crippen molar-refractivity contribution in [2.75, 3.05) is 5.32 Å². The molecular weight excluding hydrogens is 377 g/mol. The van der Waals surface area contributed by atoms with Crippen LogP contribution in [0.1, 0.15) is 5.56 Å². The van der Waals surface area contributed by atoms with Crippen LogP contribution in [0, 0.1) is 0 Å². The van der Waals surface area contributed by atoms with Gasteiger partial charge in [0, 0.05) is 11.0 Å². The predicted octanol–water partition coefficient (Wildman–Crippen LogP) is 4.67. The van der Waals surface area contributed by atoms with E-state index in [4.69, 9.17) is 0 Å². The average Bonchev–Trinajstić information content (AvgIpc) is 2.46. The molecule has 0 radical (unpaired) electrons. The fraction of sp³-hybridized carbons (Fsp3) is 0.133. The lowest BCUT2D eigenvalue weighted by Crippen LogP contribution is -2.28. The van der Waals surface area contributed by atoms with Crippen molar-refractivity contribution in [1.82, 2.24) is 5.32 Å². The van der Waals surface area contributed by atoms with Gasteiger partial charge < -0.3 is 15.4 Å². The number of para-hydroxylation sites is 1. The van der Waals surface area contributed by atoms with Gasteiger partial charge in [0.05, 0.1) is 5.69 Å². The molecule has 0 unspecified atom stereocenters. The van der Waals surface area contributed by atoms with Gasteiger partial charge in [-0.3, -0.25) is 0 Å². The number of amides is 2. The monoisotopic (exact) mass is 388 g/mol. The summed E-state index contributed by atoms with van der Waals surface area (Å²) in [5.41, 5.74) is 1.06. The van der Waals surface area contributed by atoms with Gasteiger partial charge in [-0.1, -0.05) is 24.3 Å². The standard InChI is InChI=1S/C15H12BrF3N2O2/c16-12-6-1-2-7-13(12)21-14(22)20-9-10-4-3-5-11(8-10)23-15(17,18)19/h1-8H,9H2,(H2,20,21,22). The van der Waals surface area contributed by atoms with Crippen LogP contribution in [0.3, 0.4) is 0 Å². The minimum Gasteiger partial charge on any atom is -0.406 e. The zero-order valence-corrected chi connectivity index (χ0v) is 13.2. The van der Waals surface area contributed by atoms with E-state index in [1.165, 1.54) is 18.2 Å². The van der Waals surface area contributed by atoms with Crippen LogP contribution < -0.4 is 15.4 Å². The summed E-state index contributed by atoms with van der Waals surface area (Å²) in [6.45, 7) is 0.0609. The van der Waals surface area contributed by atoms with Gasteiger partial charge in [0.1, 0.15) is 5.75 Å². The number of hydrogen-bond acceptors (Lipinski definition) is 2. The van der Waals surface area contributed by atoms with E-state index in [1.54, 1.807) is 30.3 Å². The maximum absolute atomic E-state index is 12.2. The first-order valence-corrected chi connectivity index (χ1v) is 7.27. The molecule has 0 aromatic heterocycles. The van der Waals surface area contributed by atoms with Gasteiger partial charge in [0.25, 0.3) is 0 Å². The lowest BCUT2D eigenvalue weighted by atomic mass is 10.2. The van der Waals surface area contributed by atoms with Gasteiger partial charge in [-0.2, -0.15) is 0 Å². The molecule has 0 bridgehead atoms. The Hall–Kier alpha value is -2.22. The second-order valence-corrected chi connectivity index (χ2v) is 5.34. The third kappa shape index (κ3) is 5.82. The summed E-state index contributed by atoms with van der Waals surface area (Å²) < 4.78 is 41.0. The highest BCUT2D eigenvalue weighted by atomic mass is 79.9. The van der Waals surface area contributed by atoms with Crippen LogP contribution in [0.25, 0.3) is 0 Å². The zero-order chi connectivity index (χ0) is 16.9. The summed E-state index contributed by atoms with van der Waals surface area (Å²) in [7, 11) is 0. The molecule has 0 aliphatic carbocycles.